The van der Waals surface area contributed by atoms with Crippen LogP contribution < -0.4 is 15.5 Å². The largest absolute Gasteiger partial charge is 0.356 e. The van der Waals surface area contributed by atoms with E-state index >= 15 is 0 Å². The van der Waals surface area contributed by atoms with Crippen molar-refractivity contribution in [3.63, 3.8) is 0 Å². The van der Waals surface area contributed by atoms with Crippen molar-refractivity contribution in [2.45, 2.75) is 70.9 Å². The van der Waals surface area contributed by atoms with Gasteiger partial charge in [0.15, 0.2) is 0 Å². The van der Waals surface area contributed by atoms with Crippen LogP contribution in [0.5, 0.6) is 0 Å². The van der Waals surface area contributed by atoms with Crippen molar-refractivity contribution in [1.29, 1.82) is 0 Å². The average molecular weight is 408 g/mol. The van der Waals surface area contributed by atoms with E-state index < -0.39 is 0 Å². The number of hydrogen-bond acceptors (Lipinski definition) is 4. The zero-order valence-corrected chi connectivity index (χ0v) is 18.5. The number of aromatic nitrogens is 2. The molecule has 2 heterocycles. The normalized spacial score (nSPS) is 21.1. The van der Waals surface area contributed by atoms with Gasteiger partial charge in [-0.15, -0.1) is 0 Å². The number of carbonyl (C=O) groups is 1. The summed E-state index contributed by atoms with van der Waals surface area (Å²) < 4.78 is 0. The first-order valence-corrected chi connectivity index (χ1v) is 11.1. The monoisotopic (exact) mass is 407 g/mol. The highest BCUT2D eigenvalue weighted by Crippen LogP contribution is 2.41. The maximum atomic E-state index is 12.7. The second-order valence-corrected chi connectivity index (χ2v) is 9.36. The molecular weight excluding hydrogens is 374 g/mol. The second kappa shape index (κ2) is 8.25. The van der Waals surface area contributed by atoms with Crippen LogP contribution in [0.25, 0.3) is 0 Å². The molecule has 1 aromatic heterocycles. The van der Waals surface area contributed by atoms with Crippen molar-refractivity contribution in [3.05, 3.63) is 53.0 Å². The SMILES string of the molecule is Cc1cc(N2CCC(NC(=O)NC3CCC(C)(C)c4ccccc43)CC2)nc(C)n1. The highest BCUT2D eigenvalue weighted by atomic mass is 16.2. The van der Waals surface area contributed by atoms with Crippen LogP contribution in [0.3, 0.4) is 0 Å². The maximum Gasteiger partial charge on any atom is 0.315 e. The average Bonchev–Trinajstić information content (AvgIpc) is 2.70. The highest BCUT2D eigenvalue weighted by Gasteiger charge is 2.33. The van der Waals surface area contributed by atoms with Gasteiger partial charge in [-0.05, 0) is 56.1 Å². The molecule has 6 nitrogen and oxygen atoms in total. The molecule has 0 radical (unpaired) electrons. The summed E-state index contributed by atoms with van der Waals surface area (Å²) in [5.74, 6) is 1.80. The molecule has 1 aliphatic heterocycles. The quantitative estimate of drug-likeness (QED) is 0.801. The molecule has 1 unspecified atom stereocenters. The number of urea groups is 1. The number of nitrogens with one attached hydrogen (secondary N) is 2. The number of fused-ring (bicyclic) bond motifs is 1. The Morgan fingerprint density at radius 2 is 1.80 bits per heavy atom. The van der Waals surface area contributed by atoms with E-state index in [-0.39, 0.29) is 23.5 Å². The molecule has 1 aliphatic carbocycles. The molecule has 160 valence electrons. The molecule has 0 saturated carbocycles. The molecule has 30 heavy (non-hydrogen) atoms. The van der Waals surface area contributed by atoms with Crippen molar-refractivity contribution in [3.8, 4) is 0 Å². The van der Waals surface area contributed by atoms with Gasteiger partial charge in [0, 0.05) is 30.9 Å². The van der Waals surface area contributed by atoms with E-state index in [1.54, 1.807) is 0 Å². The van der Waals surface area contributed by atoms with Crippen molar-refractivity contribution >= 4 is 11.8 Å². The fraction of sp³-hybridized carbons (Fsp3) is 0.542. The summed E-state index contributed by atoms with van der Waals surface area (Å²) in [5, 5.41) is 6.44. The fourth-order valence-electron chi connectivity index (χ4n) is 4.86. The fourth-order valence-corrected chi connectivity index (χ4v) is 4.86. The van der Waals surface area contributed by atoms with Gasteiger partial charge in [0.2, 0.25) is 0 Å². The zero-order chi connectivity index (χ0) is 21.3. The van der Waals surface area contributed by atoms with Crippen molar-refractivity contribution in [1.82, 2.24) is 20.6 Å². The molecule has 2 aromatic rings. The molecular formula is C24H33N5O. The third kappa shape index (κ3) is 4.42. The van der Waals surface area contributed by atoms with Crippen LogP contribution in [0.15, 0.2) is 30.3 Å². The van der Waals surface area contributed by atoms with E-state index in [4.69, 9.17) is 0 Å². The number of carbonyl (C=O) groups excluding carboxylic acids is 1. The molecule has 4 rings (SSSR count). The number of anilines is 1. The minimum absolute atomic E-state index is 0.0540. The van der Waals surface area contributed by atoms with E-state index in [0.717, 1.165) is 56.1 Å². The van der Waals surface area contributed by atoms with Gasteiger partial charge in [0.25, 0.3) is 0 Å². The third-order valence-electron chi connectivity index (χ3n) is 6.54. The molecule has 1 fully saturated rings. The summed E-state index contributed by atoms with van der Waals surface area (Å²) in [6.45, 7) is 10.3. The molecule has 0 spiro atoms. The second-order valence-electron chi connectivity index (χ2n) is 9.36. The Morgan fingerprint density at radius 3 is 2.53 bits per heavy atom. The smallest absolute Gasteiger partial charge is 0.315 e. The molecule has 0 bridgehead atoms. The Balaban J connectivity index is 1.33. The van der Waals surface area contributed by atoms with Crippen LogP contribution in [-0.4, -0.2) is 35.1 Å². The zero-order valence-electron chi connectivity index (χ0n) is 18.5. The predicted molar refractivity (Wildman–Crippen MR) is 120 cm³/mol. The minimum atomic E-state index is -0.0540. The lowest BCUT2D eigenvalue weighted by atomic mass is 9.71. The topological polar surface area (TPSA) is 70.2 Å². The Labute approximate surface area is 179 Å². The first-order chi connectivity index (χ1) is 14.3. The number of benzene rings is 1. The Morgan fingerprint density at radius 1 is 1.07 bits per heavy atom. The van der Waals surface area contributed by atoms with Crippen LogP contribution in [0, 0.1) is 13.8 Å². The summed E-state index contributed by atoms with van der Waals surface area (Å²) in [5.41, 5.74) is 3.77. The van der Waals surface area contributed by atoms with Crippen LogP contribution in [0.1, 0.15) is 68.2 Å². The number of piperidine rings is 1. The van der Waals surface area contributed by atoms with Crippen LogP contribution in [-0.2, 0) is 5.41 Å². The van der Waals surface area contributed by atoms with E-state index in [0.29, 0.717) is 0 Å². The third-order valence-corrected chi connectivity index (χ3v) is 6.54. The maximum absolute atomic E-state index is 12.7. The summed E-state index contributed by atoms with van der Waals surface area (Å²) in [4.78, 5) is 24.0. The van der Waals surface area contributed by atoms with E-state index in [1.165, 1.54) is 11.1 Å². The van der Waals surface area contributed by atoms with Gasteiger partial charge in [-0.2, -0.15) is 0 Å². The lowest BCUT2D eigenvalue weighted by Gasteiger charge is -2.38. The Hall–Kier alpha value is -2.63. The molecule has 2 amide bonds. The molecule has 1 aromatic carbocycles. The number of rotatable bonds is 3. The lowest BCUT2D eigenvalue weighted by Crippen LogP contribution is -2.49. The van der Waals surface area contributed by atoms with Crippen LogP contribution in [0.4, 0.5) is 10.6 Å². The van der Waals surface area contributed by atoms with Crippen LogP contribution >= 0.6 is 0 Å². The van der Waals surface area contributed by atoms with Gasteiger partial charge >= 0.3 is 6.03 Å². The molecule has 1 saturated heterocycles. The first kappa shape index (κ1) is 20.6. The summed E-state index contributed by atoms with van der Waals surface area (Å²) in [7, 11) is 0. The molecule has 1 atom stereocenters. The number of amides is 2. The van der Waals surface area contributed by atoms with Crippen molar-refractivity contribution in [2.24, 2.45) is 0 Å². The van der Waals surface area contributed by atoms with Gasteiger partial charge in [-0.1, -0.05) is 38.1 Å². The molecule has 2 aliphatic rings. The van der Waals surface area contributed by atoms with E-state index in [9.17, 15) is 4.79 Å². The highest BCUT2D eigenvalue weighted by molar-refractivity contribution is 5.75. The Kier molecular flexibility index (Phi) is 5.67. The summed E-state index contributed by atoms with van der Waals surface area (Å²) in [6.07, 6.45) is 3.89. The minimum Gasteiger partial charge on any atom is -0.356 e. The van der Waals surface area contributed by atoms with Gasteiger partial charge < -0.3 is 15.5 Å². The number of hydrogen-bond donors (Lipinski definition) is 2. The number of nitrogens with zero attached hydrogens (tertiary/aromatic N) is 3. The van der Waals surface area contributed by atoms with Crippen LogP contribution in [0.2, 0.25) is 0 Å². The predicted octanol–water partition coefficient (Wildman–Crippen LogP) is 4.17. The Bertz CT molecular complexity index is 897. The molecule has 2 N–H and O–H groups in total. The van der Waals surface area contributed by atoms with Gasteiger partial charge in [-0.3, -0.25) is 0 Å². The van der Waals surface area contributed by atoms with E-state index in [2.05, 4.69) is 63.6 Å². The lowest BCUT2D eigenvalue weighted by molar-refractivity contribution is 0.227. The van der Waals surface area contributed by atoms with Gasteiger partial charge in [0.1, 0.15) is 11.6 Å². The summed E-state index contributed by atoms with van der Waals surface area (Å²) >= 11 is 0. The summed E-state index contributed by atoms with van der Waals surface area (Å²) in [6, 6.07) is 10.8. The molecule has 6 heteroatoms. The van der Waals surface area contributed by atoms with E-state index in [1.807, 2.05) is 19.9 Å². The standard InChI is InChI=1S/C24H33N5O/c1-16-15-22(26-17(2)25-16)29-13-10-18(11-14-29)27-23(30)28-21-9-12-24(3,4)20-8-6-5-7-19(20)21/h5-8,15,18,21H,9-14H2,1-4H3,(H2,27,28,30). The van der Waals surface area contributed by atoms with Gasteiger partial charge in [0.05, 0.1) is 6.04 Å². The van der Waals surface area contributed by atoms with Crippen molar-refractivity contribution in [2.75, 3.05) is 18.0 Å². The number of aryl methyl sites for hydroxylation is 2. The van der Waals surface area contributed by atoms with Gasteiger partial charge in [-0.25, -0.2) is 14.8 Å². The van der Waals surface area contributed by atoms with Crippen molar-refractivity contribution < 1.29 is 4.79 Å². The first-order valence-electron chi connectivity index (χ1n) is 11.1.